The number of carbonyl (C=O) groups excluding carboxylic acids is 4. The lowest BCUT2D eigenvalue weighted by atomic mass is 10.1. The van der Waals surface area contributed by atoms with E-state index in [9.17, 15) is 36.0 Å². The van der Waals surface area contributed by atoms with Crippen molar-refractivity contribution >= 4 is 55.4 Å². The van der Waals surface area contributed by atoms with Crippen LogP contribution in [0.2, 0.25) is 0 Å². The van der Waals surface area contributed by atoms with Gasteiger partial charge < -0.3 is 20.1 Å². The normalized spacial score (nSPS) is 11.2. The zero-order valence-electron chi connectivity index (χ0n) is 30.5. The zero-order valence-corrected chi connectivity index (χ0v) is 32.1. The Balaban J connectivity index is 1.05. The van der Waals surface area contributed by atoms with Crippen LogP contribution in [0.4, 0.5) is 21.0 Å². The third kappa shape index (κ3) is 13.9. The molecule has 4 N–H and O–H groups in total. The minimum absolute atomic E-state index is 0.0529. The van der Waals surface area contributed by atoms with Crippen molar-refractivity contribution in [1.82, 2.24) is 9.44 Å². The molecule has 4 aromatic carbocycles. The van der Waals surface area contributed by atoms with Gasteiger partial charge in [-0.05, 0) is 87.4 Å². The van der Waals surface area contributed by atoms with Gasteiger partial charge in [0.1, 0.15) is 0 Å². The topological polar surface area (TPSA) is 203 Å². The Morgan fingerprint density at radius 2 is 0.836 bits per heavy atom. The van der Waals surface area contributed by atoms with Crippen molar-refractivity contribution in [3.8, 4) is 0 Å². The summed E-state index contributed by atoms with van der Waals surface area (Å²) in [7, 11) is -8.15. The van der Waals surface area contributed by atoms with Gasteiger partial charge in [-0.15, -0.1) is 0 Å². The number of rotatable bonds is 18. The Labute approximate surface area is 321 Å². The van der Waals surface area contributed by atoms with Crippen LogP contribution in [0, 0.1) is 13.8 Å². The number of ether oxygens (including phenoxy) is 2. The third-order valence-electron chi connectivity index (χ3n) is 8.08. The van der Waals surface area contributed by atoms with Crippen LogP contribution in [-0.4, -0.2) is 54.1 Å². The van der Waals surface area contributed by atoms with E-state index in [1.807, 2.05) is 23.3 Å². The maximum Gasteiger partial charge on any atom is 0.338 e. The van der Waals surface area contributed by atoms with Crippen LogP contribution in [0.3, 0.4) is 0 Å². The number of sulfonamides is 2. The van der Waals surface area contributed by atoms with Gasteiger partial charge in [-0.1, -0.05) is 79.6 Å². The minimum atomic E-state index is -4.07. The van der Waals surface area contributed by atoms with Crippen molar-refractivity contribution in [3.05, 3.63) is 119 Å². The number of urea groups is 2. The van der Waals surface area contributed by atoms with Gasteiger partial charge in [0, 0.05) is 11.4 Å². The number of benzene rings is 4. The molecule has 0 aliphatic carbocycles. The van der Waals surface area contributed by atoms with Gasteiger partial charge >= 0.3 is 24.0 Å². The first-order chi connectivity index (χ1) is 26.2. The molecule has 4 amide bonds. The van der Waals surface area contributed by atoms with Gasteiger partial charge in [-0.2, -0.15) is 0 Å². The maximum absolute atomic E-state index is 12.5. The molecule has 4 aromatic rings. The fraction of sp³-hybridized carbons (Fsp3) is 0.282. The molecular formula is C39H44N4O10S2. The average Bonchev–Trinajstić information content (AvgIpc) is 3.13. The molecule has 0 fully saturated rings. The van der Waals surface area contributed by atoms with Gasteiger partial charge in [-0.25, -0.2) is 45.5 Å². The Morgan fingerprint density at radius 1 is 0.491 bits per heavy atom. The number of hydrogen-bond donors (Lipinski definition) is 4. The first-order valence-electron chi connectivity index (χ1n) is 17.6. The van der Waals surface area contributed by atoms with Gasteiger partial charge in [0.15, 0.2) is 0 Å². The predicted molar refractivity (Wildman–Crippen MR) is 207 cm³/mol. The molecule has 55 heavy (non-hydrogen) atoms. The summed E-state index contributed by atoms with van der Waals surface area (Å²) in [5.41, 5.74) is 2.61. The predicted octanol–water partition coefficient (Wildman–Crippen LogP) is 7.07. The van der Waals surface area contributed by atoms with Crippen molar-refractivity contribution < 1.29 is 45.5 Å². The molecule has 0 unspecified atom stereocenters. The van der Waals surface area contributed by atoms with Gasteiger partial charge in [-0.3, -0.25) is 0 Å². The summed E-state index contributed by atoms with van der Waals surface area (Å²) in [6, 6.07) is 22.1. The minimum Gasteiger partial charge on any atom is -0.462 e. The van der Waals surface area contributed by atoms with Crippen molar-refractivity contribution in [2.45, 2.75) is 68.6 Å². The number of nitrogens with one attached hydrogen (secondary N) is 4. The van der Waals surface area contributed by atoms with E-state index in [4.69, 9.17) is 9.47 Å². The second-order valence-corrected chi connectivity index (χ2v) is 16.0. The molecule has 0 saturated heterocycles. The molecule has 0 atom stereocenters. The SMILES string of the molecule is Cc1ccc(S(=O)(=O)NC(=O)Nc2cccc(C(=O)OCCCCCCCCCOC(=O)c3cccc(NC(=O)NS(=O)(=O)c4ccc(C)cc4)c3)c2)cc1. The van der Waals surface area contributed by atoms with E-state index < -0.39 is 44.0 Å². The van der Waals surface area contributed by atoms with Crippen LogP contribution in [0.5, 0.6) is 0 Å². The second-order valence-electron chi connectivity index (χ2n) is 12.7. The summed E-state index contributed by atoms with van der Waals surface area (Å²) in [5, 5.41) is 4.85. The Hall–Kier alpha value is -5.74. The van der Waals surface area contributed by atoms with E-state index in [0.29, 0.717) is 12.8 Å². The van der Waals surface area contributed by atoms with E-state index in [0.717, 1.165) is 43.2 Å². The first kappa shape index (κ1) is 42.0. The highest BCUT2D eigenvalue weighted by atomic mass is 32.2. The lowest BCUT2D eigenvalue weighted by molar-refractivity contribution is 0.0490. The maximum atomic E-state index is 12.5. The van der Waals surface area contributed by atoms with E-state index in [2.05, 4.69) is 10.6 Å². The standard InChI is InChI=1S/C39H44N4O10S2/c1-28-16-20-34(21-17-28)54(48,49)42-38(46)40-32-14-10-12-30(26-32)36(44)52-24-8-6-4-3-5-7-9-25-53-37(45)31-13-11-15-33(27-31)41-39(47)43-55(50,51)35-22-18-29(2)19-23-35/h10-23,26-27H,3-9,24-25H2,1-2H3,(H2,40,42,46)(H2,41,43,47). The van der Waals surface area contributed by atoms with Crippen molar-refractivity contribution in [3.63, 3.8) is 0 Å². The highest BCUT2D eigenvalue weighted by molar-refractivity contribution is 7.90. The fourth-order valence-electron chi connectivity index (χ4n) is 5.14. The summed E-state index contributed by atoms with van der Waals surface area (Å²) in [5.74, 6) is -1.13. The summed E-state index contributed by atoms with van der Waals surface area (Å²) < 4.78 is 64.5. The lowest BCUT2D eigenvalue weighted by Gasteiger charge is -2.10. The molecule has 292 valence electrons. The number of unbranched alkanes of at least 4 members (excludes halogenated alkanes) is 6. The smallest absolute Gasteiger partial charge is 0.338 e. The molecule has 0 radical (unpaired) electrons. The summed E-state index contributed by atoms with van der Waals surface area (Å²) in [6.45, 7) is 4.07. The average molecular weight is 793 g/mol. The van der Waals surface area contributed by atoms with E-state index >= 15 is 0 Å². The van der Waals surface area contributed by atoms with E-state index in [-0.39, 0.29) is 45.5 Å². The number of amides is 4. The number of carbonyl (C=O) groups is 4. The summed E-state index contributed by atoms with van der Waals surface area (Å²) >= 11 is 0. The zero-order chi connectivity index (χ0) is 39.8. The molecular weight excluding hydrogens is 749 g/mol. The van der Waals surface area contributed by atoms with Gasteiger partial charge in [0.25, 0.3) is 20.0 Å². The van der Waals surface area contributed by atoms with Crippen LogP contribution in [-0.2, 0) is 29.5 Å². The van der Waals surface area contributed by atoms with Crippen molar-refractivity contribution in [1.29, 1.82) is 0 Å². The van der Waals surface area contributed by atoms with Gasteiger partial charge in [0.05, 0.1) is 34.1 Å². The van der Waals surface area contributed by atoms with Crippen LogP contribution < -0.4 is 20.1 Å². The van der Waals surface area contributed by atoms with Crippen LogP contribution in [0.15, 0.2) is 107 Å². The summed E-state index contributed by atoms with van der Waals surface area (Å²) in [6.07, 6.45) is 5.83. The molecule has 0 aliphatic heterocycles. The first-order valence-corrected chi connectivity index (χ1v) is 20.5. The Bertz CT molecular complexity index is 2020. The lowest BCUT2D eigenvalue weighted by Crippen LogP contribution is -2.34. The second kappa shape index (κ2) is 20.1. The number of esters is 2. The van der Waals surface area contributed by atoms with Crippen molar-refractivity contribution in [2.75, 3.05) is 23.8 Å². The highest BCUT2D eigenvalue weighted by Gasteiger charge is 2.19. The van der Waals surface area contributed by atoms with Crippen LogP contribution >= 0.6 is 0 Å². The van der Waals surface area contributed by atoms with E-state index in [1.165, 1.54) is 60.7 Å². The summed E-state index contributed by atoms with van der Waals surface area (Å²) in [4.78, 5) is 49.6. The highest BCUT2D eigenvalue weighted by Crippen LogP contribution is 2.16. The molecule has 0 heterocycles. The molecule has 0 aromatic heterocycles. The van der Waals surface area contributed by atoms with Crippen LogP contribution in [0.25, 0.3) is 0 Å². The third-order valence-corrected chi connectivity index (χ3v) is 10.8. The monoisotopic (exact) mass is 792 g/mol. The fourth-order valence-corrected chi connectivity index (χ4v) is 6.96. The molecule has 16 heteroatoms. The Kier molecular flexibility index (Phi) is 15.3. The van der Waals surface area contributed by atoms with Gasteiger partial charge in [0.2, 0.25) is 0 Å². The van der Waals surface area contributed by atoms with E-state index in [1.54, 1.807) is 36.4 Å². The molecule has 14 nitrogen and oxygen atoms in total. The molecule has 0 saturated carbocycles. The number of hydrogen-bond acceptors (Lipinski definition) is 10. The quantitative estimate of drug-likeness (QED) is 0.0596. The van der Waals surface area contributed by atoms with Crippen LogP contribution in [0.1, 0.15) is 76.8 Å². The number of anilines is 2. The largest absolute Gasteiger partial charge is 0.462 e. The molecule has 0 aliphatic rings. The Morgan fingerprint density at radius 3 is 1.20 bits per heavy atom. The molecule has 0 spiro atoms. The van der Waals surface area contributed by atoms with Crippen molar-refractivity contribution in [2.24, 2.45) is 0 Å². The molecule has 4 rings (SSSR count). The number of aryl methyl sites for hydroxylation is 2. The molecule has 0 bridgehead atoms.